The molecule has 1 unspecified atom stereocenters. The second-order valence-electron chi connectivity index (χ2n) is 22.7. The molecular formula is C72H128O6. The Balaban J connectivity index is 4.28. The van der Waals surface area contributed by atoms with Crippen LogP contribution >= 0.6 is 0 Å². The highest BCUT2D eigenvalue weighted by atomic mass is 16.6. The topological polar surface area (TPSA) is 78.9 Å². The molecule has 0 spiro atoms. The molecule has 1 atom stereocenters. The van der Waals surface area contributed by atoms with Crippen molar-refractivity contribution in [1.82, 2.24) is 0 Å². The van der Waals surface area contributed by atoms with Gasteiger partial charge in [0, 0.05) is 19.3 Å². The van der Waals surface area contributed by atoms with Gasteiger partial charge in [0.2, 0.25) is 0 Å². The molecule has 0 aliphatic carbocycles. The molecule has 6 nitrogen and oxygen atoms in total. The minimum Gasteiger partial charge on any atom is -0.462 e. The molecule has 0 fully saturated rings. The van der Waals surface area contributed by atoms with E-state index in [1.54, 1.807) is 0 Å². The van der Waals surface area contributed by atoms with Gasteiger partial charge in [0.1, 0.15) is 13.2 Å². The molecule has 0 heterocycles. The minimum absolute atomic E-state index is 0.0760. The predicted molar refractivity (Wildman–Crippen MR) is 339 cm³/mol. The Labute approximate surface area is 484 Å². The third-order valence-electron chi connectivity index (χ3n) is 14.9. The lowest BCUT2D eigenvalue weighted by Gasteiger charge is -2.18. The van der Waals surface area contributed by atoms with Crippen LogP contribution in [0.5, 0.6) is 0 Å². The summed E-state index contributed by atoms with van der Waals surface area (Å²) < 4.78 is 17.0. The second kappa shape index (κ2) is 66.4. The van der Waals surface area contributed by atoms with Crippen LogP contribution in [0.1, 0.15) is 348 Å². The fourth-order valence-corrected chi connectivity index (χ4v) is 9.88. The van der Waals surface area contributed by atoms with E-state index in [1.807, 2.05) is 0 Å². The number of hydrogen-bond donors (Lipinski definition) is 0. The van der Waals surface area contributed by atoms with E-state index in [2.05, 4.69) is 93.7 Å². The van der Waals surface area contributed by atoms with E-state index in [0.717, 1.165) is 103 Å². The Bertz CT molecular complexity index is 1440. The van der Waals surface area contributed by atoms with Crippen LogP contribution in [-0.2, 0) is 28.6 Å². The number of unbranched alkanes of at least 4 members (excludes halogenated alkanes) is 39. The average molecular weight is 1090 g/mol. The molecule has 452 valence electrons. The Morgan fingerprint density at radius 2 is 0.500 bits per heavy atom. The van der Waals surface area contributed by atoms with Crippen molar-refractivity contribution in [3.05, 3.63) is 72.9 Å². The van der Waals surface area contributed by atoms with Gasteiger partial charge in [-0.25, -0.2) is 0 Å². The first-order valence-corrected chi connectivity index (χ1v) is 33.9. The summed E-state index contributed by atoms with van der Waals surface area (Å²) in [6.45, 7) is 6.55. The fourth-order valence-electron chi connectivity index (χ4n) is 9.88. The first kappa shape index (κ1) is 74.8. The van der Waals surface area contributed by atoms with Crippen molar-refractivity contribution in [1.29, 1.82) is 0 Å². The van der Waals surface area contributed by atoms with Gasteiger partial charge in [-0.2, -0.15) is 0 Å². The summed E-state index contributed by atoms with van der Waals surface area (Å²) in [5.41, 5.74) is 0. The number of rotatable bonds is 62. The largest absolute Gasteiger partial charge is 0.462 e. The van der Waals surface area contributed by atoms with Gasteiger partial charge in [-0.05, 0) is 89.9 Å². The van der Waals surface area contributed by atoms with E-state index in [4.69, 9.17) is 14.2 Å². The van der Waals surface area contributed by atoms with Crippen molar-refractivity contribution in [3.63, 3.8) is 0 Å². The van der Waals surface area contributed by atoms with E-state index in [1.165, 1.54) is 205 Å². The van der Waals surface area contributed by atoms with Gasteiger partial charge < -0.3 is 14.2 Å². The lowest BCUT2D eigenvalue weighted by Crippen LogP contribution is -2.30. The Morgan fingerprint density at radius 3 is 0.795 bits per heavy atom. The molecule has 0 aliphatic rings. The number of ether oxygens (including phenoxy) is 3. The van der Waals surface area contributed by atoms with Gasteiger partial charge in [-0.15, -0.1) is 0 Å². The molecule has 0 amide bonds. The first-order chi connectivity index (χ1) is 38.5. The van der Waals surface area contributed by atoms with Gasteiger partial charge in [0.25, 0.3) is 0 Å². The zero-order valence-electron chi connectivity index (χ0n) is 51.9. The standard InChI is InChI=1S/C72H128O6/c1-4-7-10-13-16-19-22-25-28-31-32-33-34-35-36-37-38-39-40-42-44-47-50-53-56-59-62-65-71(74)77-68-69(67-76-70(73)64-61-58-55-52-49-46-43-30-27-24-21-18-15-12-9-6-3)78-72(75)66-63-60-57-54-51-48-45-41-29-26-23-20-17-14-11-8-5-2/h7,10,16,19,21,24-25,28,30,32-33,43,69H,4-6,8-9,11-15,17-18,20,22-23,26-27,29,31,34-42,44-68H2,1-3H3/b10-7-,19-16-,24-21-,28-25-,33-32-,43-30-. The molecule has 0 radical (unpaired) electrons. The molecule has 0 saturated carbocycles. The van der Waals surface area contributed by atoms with Gasteiger partial charge in [-0.1, -0.05) is 312 Å². The molecule has 0 aromatic carbocycles. The van der Waals surface area contributed by atoms with Crippen LogP contribution in [-0.4, -0.2) is 37.2 Å². The molecule has 78 heavy (non-hydrogen) atoms. The zero-order chi connectivity index (χ0) is 56.4. The normalized spacial score (nSPS) is 12.5. The third-order valence-corrected chi connectivity index (χ3v) is 14.9. The van der Waals surface area contributed by atoms with Crippen molar-refractivity contribution < 1.29 is 28.6 Å². The highest BCUT2D eigenvalue weighted by molar-refractivity contribution is 5.71. The molecule has 0 rings (SSSR count). The van der Waals surface area contributed by atoms with E-state index in [9.17, 15) is 14.4 Å². The number of carbonyl (C=O) groups excluding carboxylic acids is 3. The van der Waals surface area contributed by atoms with Crippen LogP contribution in [0.25, 0.3) is 0 Å². The predicted octanol–water partition coefficient (Wildman–Crippen LogP) is 23.3. The van der Waals surface area contributed by atoms with Crippen molar-refractivity contribution in [2.75, 3.05) is 13.2 Å². The molecule has 6 heteroatoms. The van der Waals surface area contributed by atoms with Crippen LogP contribution in [0.15, 0.2) is 72.9 Å². The maximum Gasteiger partial charge on any atom is 0.306 e. The Morgan fingerprint density at radius 1 is 0.269 bits per heavy atom. The summed E-state index contributed by atoms with van der Waals surface area (Å²) in [7, 11) is 0. The average Bonchev–Trinajstić information content (AvgIpc) is 3.44. The van der Waals surface area contributed by atoms with Crippen molar-refractivity contribution in [2.24, 2.45) is 0 Å². The van der Waals surface area contributed by atoms with Gasteiger partial charge in [0.15, 0.2) is 6.10 Å². The number of carbonyl (C=O) groups is 3. The van der Waals surface area contributed by atoms with E-state index < -0.39 is 6.10 Å². The van der Waals surface area contributed by atoms with Crippen LogP contribution in [0, 0.1) is 0 Å². The van der Waals surface area contributed by atoms with Crippen LogP contribution in [0.4, 0.5) is 0 Å². The van der Waals surface area contributed by atoms with Crippen molar-refractivity contribution >= 4 is 17.9 Å². The number of hydrogen-bond acceptors (Lipinski definition) is 6. The molecular weight excluding hydrogens is 961 g/mol. The quantitative estimate of drug-likeness (QED) is 0.0261. The SMILES string of the molecule is CC/C=C\C/C=C\C/C=C\C/C=C\CCCCCCCCCCCCCCCCC(=O)OCC(COC(=O)CCCCCCC/C=C\C/C=C\CCCCCC)OC(=O)CCCCCCCCCCCCCCCCCCC. The summed E-state index contributed by atoms with van der Waals surface area (Å²) in [5.74, 6) is -0.869. The maximum absolute atomic E-state index is 12.9. The van der Waals surface area contributed by atoms with Gasteiger partial charge >= 0.3 is 17.9 Å². The first-order valence-electron chi connectivity index (χ1n) is 33.9. The summed E-state index contributed by atoms with van der Waals surface area (Å²) in [4.78, 5) is 38.4. The van der Waals surface area contributed by atoms with Crippen LogP contribution in [0.2, 0.25) is 0 Å². The summed E-state index contributed by atoms with van der Waals surface area (Å²) in [5, 5.41) is 0. The summed E-state index contributed by atoms with van der Waals surface area (Å²) in [6, 6.07) is 0. The van der Waals surface area contributed by atoms with Crippen LogP contribution < -0.4 is 0 Å². The monoisotopic (exact) mass is 1090 g/mol. The molecule has 0 bridgehead atoms. The number of allylic oxidation sites excluding steroid dienone is 12. The highest BCUT2D eigenvalue weighted by Crippen LogP contribution is 2.17. The maximum atomic E-state index is 12.9. The molecule has 0 aromatic rings. The summed E-state index contributed by atoms with van der Waals surface area (Å²) >= 11 is 0. The molecule has 0 N–H and O–H groups in total. The van der Waals surface area contributed by atoms with E-state index >= 15 is 0 Å². The Kier molecular flexibility index (Phi) is 63.7. The third kappa shape index (κ3) is 63.7. The second-order valence-corrected chi connectivity index (χ2v) is 22.7. The molecule has 0 aromatic heterocycles. The highest BCUT2D eigenvalue weighted by Gasteiger charge is 2.19. The van der Waals surface area contributed by atoms with Crippen molar-refractivity contribution in [3.8, 4) is 0 Å². The lowest BCUT2D eigenvalue weighted by molar-refractivity contribution is -0.167. The van der Waals surface area contributed by atoms with Crippen molar-refractivity contribution in [2.45, 2.75) is 354 Å². The van der Waals surface area contributed by atoms with Gasteiger partial charge in [-0.3, -0.25) is 14.4 Å². The smallest absolute Gasteiger partial charge is 0.306 e. The Hall–Kier alpha value is -3.15. The van der Waals surface area contributed by atoms with E-state index in [-0.39, 0.29) is 31.1 Å². The lowest BCUT2D eigenvalue weighted by atomic mass is 10.0. The number of esters is 3. The summed E-state index contributed by atoms with van der Waals surface area (Å²) in [6.07, 6.45) is 86.3. The molecule has 0 saturated heterocycles. The minimum atomic E-state index is -0.780. The fraction of sp³-hybridized carbons (Fsp3) is 0.792. The zero-order valence-corrected chi connectivity index (χ0v) is 51.9. The van der Waals surface area contributed by atoms with Crippen LogP contribution in [0.3, 0.4) is 0 Å². The van der Waals surface area contributed by atoms with Gasteiger partial charge in [0.05, 0.1) is 0 Å². The van der Waals surface area contributed by atoms with E-state index in [0.29, 0.717) is 19.3 Å². The molecule has 0 aliphatic heterocycles.